The Labute approximate surface area is 151 Å². The highest BCUT2D eigenvalue weighted by Gasteiger charge is 2.37. The summed E-state index contributed by atoms with van der Waals surface area (Å²) in [5.41, 5.74) is 0.886. The second-order valence-electron chi connectivity index (χ2n) is 7.08. The van der Waals surface area contributed by atoms with Crippen LogP contribution in [0.15, 0.2) is 30.3 Å². The van der Waals surface area contributed by atoms with Crippen molar-refractivity contribution < 1.29 is 19.1 Å². The molecule has 1 rings (SSSR count). The highest BCUT2D eigenvalue weighted by atomic mass is 16.6. The summed E-state index contributed by atoms with van der Waals surface area (Å²) < 4.78 is 10.2. The van der Waals surface area contributed by atoms with E-state index in [4.69, 9.17) is 9.47 Å². The number of esters is 2. The Hall–Kier alpha value is -2.04. The molecule has 1 atom stereocenters. The number of carbonyl (C=O) groups excluding carboxylic acids is 2. The normalized spacial score (nSPS) is 12.6. The average Bonchev–Trinajstić information content (AvgIpc) is 2.53. The first kappa shape index (κ1) is 21.0. The second kappa shape index (κ2) is 9.44. The van der Waals surface area contributed by atoms with Gasteiger partial charge in [0.05, 0.1) is 13.2 Å². The number of rotatable bonds is 8. The highest BCUT2D eigenvalue weighted by Crippen LogP contribution is 2.27. The maximum atomic E-state index is 12.3. The van der Waals surface area contributed by atoms with Gasteiger partial charge in [-0.3, -0.25) is 9.59 Å². The fourth-order valence-electron chi connectivity index (χ4n) is 2.79. The fraction of sp³-hybridized carbons (Fsp3) is 0.600. The molecule has 1 aromatic carbocycles. The lowest BCUT2D eigenvalue weighted by Crippen LogP contribution is -2.47. The van der Waals surface area contributed by atoms with Crippen LogP contribution in [-0.2, 0) is 19.1 Å². The molecule has 0 aliphatic rings. The number of para-hydroxylation sites is 1. The number of carbonyl (C=O) groups is 2. The van der Waals surface area contributed by atoms with Gasteiger partial charge in [-0.25, -0.2) is 0 Å². The van der Waals surface area contributed by atoms with Crippen molar-refractivity contribution in [1.29, 1.82) is 0 Å². The lowest BCUT2D eigenvalue weighted by atomic mass is 9.91. The zero-order chi connectivity index (χ0) is 19.0. The van der Waals surface area contributed by atoms with Crippen molar-refractivity contribution in [2.45, 2.75) is 47.1 Å². The number of benzene rings is 1. The largest absolute Gasteiger partial charge is 0.465 e. The monoisotopic (exact) mass is 349 g/mol. The van der Waals surface area contributed by atoms with E-state index in [1.165, 1.54) is 0 Å². The third-order valence-corrected chi connectivity index (χ3v) is 4.00. The van der Waals surface area contributed by atoms with Crippen LogP contribution in [0.4, 0.5) is 5.69 Å². The first-order valence-electron chi connectivity index (χ1n) is 8.88. The summed E-state index contributed by atoms with van der Waals surface area (Å²) in [6.07, 6.45) is 0. The molecule has 0 bridgehead atoms. The molecule has 140 valence electrons. The van der Waals surface area contributed by atoms with E-state index in [1.807, 2.05) is 37.3 Å². The van der Waals surface area contributed by atoms with Gasteiger partial charge in [-0.05, 0) is 52.7 Å². The van der Waals surface area contributed by atoms with Crippen LogP contribution in [0, 0.1) is 11.8 Å². The maximum Gasteiger partial charge on any atom is 0.320 e. The minimum Gasteiger partial charge on any atom is -0.465 e. The Kier molecular flexibility index (Phi) is 7.94. The Morgan fingerprint density at radius 1 is 1.00 bits per heavy atom. The van der Waals surface area contributed by atoms with Gasteiger partial charge < -0.3 is 14.4 Å². The topological polar surface area (TPSA) is 55.8 Å². The van der Waals surface area contributed by atoms with E-state index in [1.54, 1.807) is 13.8 Å². The number of hydrogen-bond donors (Lipinski definition) is 0. The molecule has 5 nitrogen and oxygen atoms in total. The third kappa shape index (κ3) is 6.07. The highest BCUT2D eigenvalue weighted by molar-refractivity contribution is 5.95. The van der Waals surface area contributed by atoms with Crippen molar-refractivity contribution in [3.63, 3.8) is 0 Å². The zero-order valence-corrected chi connectivity index (χ0v) is 16.2. The van der Waals surface area contributed by atoms with Crippen LogP contribution in [0.25, 0.3) is 0 Å². The van der Waals surface area contributed by atoms with Crippen molar-refractivity contribution in [3.05, 3.63) is 30.3 Å². The summed E-state index contributed by atoms with van der Waals surface area (Å²) in [6, 6.07) is 9.98. The van der Waals surface area contributed by atoms with Crippen LogP contribution in [0.3, 0.4) is 0 Å². The molecule has 1 unspecified atom stereocenters. The minimum atomic E-state index is -0.923. The third-order valence-electron chi connectivity index (χ3n) is 4.00. The molecule has 0 spiro atoms. The molecular weight excluding hydrogens is 318 g/mol. The smallest absolute Gasteiger partial charge is 0.320 e. The molecule has 0 radical (unpaired) electrons. The number of nitrogens with zero attached hydrogens (tertiary/aromatic N) is 1. The molecule has 0 aliphatic carbocycles. The first-order valence-corrected chi connectivity index (χ1v) is 8.88. The van der Waals surface area contributed by atoms with Crippen LogP contribution in [0.2, 0.25) is 0 Å². The van der Waals surface area contributed by atoms with Crippen molar-refractivity contribution in [2.75, 3.05) is 24.7 Å². The van der Waals surface area contributed by atoms with E-state index in [0.717, 1.165) is 5.69 Å². The molecule has 0 aromatic heterocycles. The molecule has 0 saturated carbocycles. The van der Waals surface area contributed by atoms with E-state index in [-0.39, 0.29) is 24.7 Å². The van der Waals surface area contributed by atoms with Gasteiger partial charge in [0.2, 0.25) is 0 Å². The predicted octanol–water partition coefficient (Wildman–Crippen LogP) is 3.67. The van der Waals surface area contributed by atoms with E-state index < -0.39 is 17.9 Å². The average molecular weight is 349 g/mol. The van der Waals surface area contributed by atoms with Gasteiger partial charge in [-0.1, -0.05) is 25.1 Å². The molecule has 25 heavy (non-hydrogen) atoms. The maximum absolute atomic E-state index is 12.3. The van der Waals surface area contributed by atoms with Gasteiger partial charge in [-0.2, -0.15) is 0 Å². The van der Waals surface area contributed by atoms with Crippen molar-refractivity contribution >= 4 is 17.6 Å². The van der Waals surface area contributed by atoms with Gasteiger partial charge in [0.15, 0.2) is 5.92 Å². The summed E-state index contributed by atoms with van der Waals surface area (Å²) in [5.74, 6) is -2.21. The molecule has 1 aromatic rings. The predicted molar refractivity (Wildman–Crippen MR) is 99.5 cm³/mol. The van der Waals surface area contributed by atoms with Crippen LogP contribution in [0.5, 0.6) is 0 Å². The molecule has 0 amide bonds. The zero-order valence-electron chi connectivity index (χ0n) is 16.2. The molecule has 0 saturated heterocycles. The molecule has 0 aliphatic heterocycles. The summed E-state index contributed by atoms with van der Waals surface area (Å²) in [6.45, 7) is 12.7. The van der Waals surface area contributed by atoms with Crippen molar-refractivity contribution in [1.82, 2.24) is 0 Å². The summed E-state index contributed by atoms with van der Waals surface area (Å²) >= 11 is 0. The van der Waals surface area contributed by atoms with Gasteiger partial charge in [-0.15, -0.1) is 0 Å². The molecule has 0 fully saturated rings. The summed E-state index contributed by atoms with van der Waals surface area (Å²) in [4.78, 5) is 26.9. The van der Waals surface area contributed by atoms with Gasteiger partial charge in [0.25, 0.3) is 0 Å². The SMILES string of the molecule is CCOC(=O)C(C(=O)OCC)C(C)CN(c1ccccc1)C(C)(C)C. The summed E-state index contributed by atoms with van der Waals surface area (Å²) in [5, 5.41) is 0. The fourth-order valence-corrected chi connectivity index (χ4v) is 2.79. The number of ether oxygens (including phenoxy) is 2. The van der Waals surface area contributed by atoms with Gasteiger partial charge in [0.1, 0.15) is 0 Å². The molecule has 0 N–H and O–H groups in total. The number of anilines is 1. The van der Waals surface area contributed by atoms with Crippen molar-refractivity contribution in [3.8, 4) is 0 Å². The van der Waals surface area contributed by atoms with E-state index in [0.29, 0.717) is 6.54 Å². The van der Waals surface area contributed by atoms with Crippen LogP contribution in [-0.4, -0.2) is 37.2 Å². The van der Waals surface area contributed by atoms with Crippen LogP contribution in [0.1, 0.15) is 41.5 Å². The second-order valence-corrected chi connectivity index (χ2v) is 7.08. The molecule has 0 heterocycles. The van der Waals surface area contributed by atoms with E-state index in [9.17, 15) is 9.59 Å². The Morgan fingerprint density at radius 2 is 1.48 bits per heavy atom. The summed E-state index contributed by atoms with van der Waals surface area (Å²) in [7, 11) is 0. The lowest BCUT2D eigenvalue weighted by molar-refractivity contribution is -0.164. The molecular formula is C20H31NO4. The lowest BCUT2D eigenvalue weighted by Gasteiger charge is -2.40. The molecule has 5 heteroatoms. The van der Waals surface area contributed by atoms with Crippen LogP contribution < -0.4 is 4.90 Å². The van der Waals surface area contributed by atoms with Gasteiger partial charge >= 0.3 is 11.9 Å². The Balaban J connectivity index is 3.07. The standard InChI is InChI=1S/C20H31NO4/c1-7-24-18(22)17(19(23)25-8-2)15(3)14-21(20(4,5)6)16-12-10-9-11-13-16/h9-13,15,17H,7-8,14H2,1-6H3. The quantitative estimate of drug-likeness (QED) is 0.529. The van der Waals surface area contributed by atoms with Crippen LogP contribution >= 0.6 is 0 Å². The Bertz CT molecular complexity index is 533. The van der Waals surface area contributed by atoms with E-state index >= 15 is 0 Å². The van der Waals surface area contributed by atoms with Gasteiger partial charge in [0, 0.05) is 17.8 Å². The van der Waals surface area contributed by atoms with E-state index in [2.05, 4.69) is 25.7 Å². The number of hydrogen-bond acceptors (Lipinski definition) is 5. The van der Waals surface area contributed by atoms with Crippen molar-refractivity contribution in [2.24, 2.45) is 11.8 Å². The first-order chi connectivity index (χ1) is 11.7. The Morgan fingerprint density at radius 3 is 1.88 bits per heavy atom. The minimum absolute atomic E-state index is 0.163.